The van der Waals surface area contributed by atoms with Crippen molar-refractivity contribution in [2.45, 2.75) is 20.4 Å². The van der Waals surface area contributed by atoms with Crippen LogP contribution in [0.15, 0.2) is 18.3 Å². The van der Waals surface area contributed by atoms with E-state index in [9.17, 15) is 4.79 Å². The first-order chi connectivity index (χ1) is 9.54. The van der Waals surface area contributed by atoms with Crippen molar-refractivity contribution in [2.24, 2.45) is 0 Å². The van der Waals surface area contributed by atoms with Crippen LogP contribution in [0.1, 0.15) is 27.4 Å². The maximum absolute atomic E-state index is 12.6. The largest absolute Gasteiger partial charge is 0.383 e. The lowest BCUT2D eigenvalue weighted by Gasteiger charge is -2.08. The van der Waals surface area contributed by atoms with Crippen LogP contribution in [0.3, 0.4) is 0 Å². The number of carbonyl (C=O) groups excluding carboxylic acids is 1. The lowest BCUT2D eigenvalue weighted by molar-refractivity contribution is 0.102. The highest BCUT2D eigenvalue weighted by Gasteiger charge is 2.21. The van der Waals surface area contributed by atoms with E-state index in [1.54, 1.807) is 17.9 Å². The molecule has 2 aromatic rings. The lowest BCUT2D eigenvalue weighted by atomic mass is 10.1. The van der Waals surface area contributed by atoms with Crippen LogP contribution in [-0.2, 0) is 11.3 Å². The van der Waals surface area contributed by atoms with Crippen molar-refractivity contribution < 1.29 is 9.53 Å². The zero-order valence-corrected chi connectivity index (χ0v) is 12.4. The van der Waals surface area contributed by atoms with Crippen LogP contribution in [0.5, 0.6) is 0 Å². The Balaban J connectivity index is 2.40. The molecule has 0 aromatic carbocycles. The SMILES string of the molecule is COCCn1ncc(Cl)c1C(=O)c1ccc(C)nc1C. The monoisotopic (exact) mass is 293 g/mol. The van der Waals surface area contributed by atoms with Gasteiger partial charge in [-0.1, -0.05) is 11.6 Å². The summed E-state index contributed by atoms with van der Waals surface area (Å²) < 4.78 is 6.57. The van der Waals surface area contributed by atoms with Gasteiger partial charge >= 0.3 is 0 Å². The number of ketones is 1. The number of methoxy groups -OCH3 is 1. The summed E-state index contributed by atoms with van der Waals surface area (Å²) in [6.07, 6.45) is 1.47. The Morgan fingerprint density at radius 1 is 1.40 bits per heavy atom. The fourth-order valence-corrected chi connectivity index (χ4v) is 2.22. The van der Waals surface area contributed by atoms with Gasteiger partial charge in [-0.3, -0.25) is 14.5 Å². The molecule has 20 heavy (non-hydrogen) atoms. The molecule has 0 bridgehead atoms. The van der Waals surface area contributed by atoms with Crippen molar-refractivity contribution in [2.75, 3.05) is 13.7 Å². The van der Waals surface area contributed by atoms with Gasteiger partial charge in [-0.15, -0.1) is 0 Å². The first-order valence-electron chi connectivity index (χ1n) is 6.23. The second-order valence-corrected chi connectivity index (χ2v) is 4.88. The molecule has 0 radical (unpaired) electrons. The molecule has 2 aromatic heterocycles. The summed E-state index contributed by atoms with van der Waals surface area (Å²) in [4.78, 5) is 16.9. The van der Waals surface area contributed by atoms with Gasteiger partial charge in [-0.05, 0) is 26.0 Å². The van der Waals surface area contributed by atoms with Gasteiger partial charge in [0.05, 0.1) is 24.4 Å². The van der Waals surface area contributed by atoms with Crippen molar-refractivity contribution in [1.29, 1.82) is 0 Å². The van der Waals surface area contributed by atoms with Crippen molar-refractivity contribution in [3.05, 3.63) is 46.0 Å². The fourth-order valence-electron chi connectivity index (χ4n) is 1.99. The highest BCUT2D eigenvalue weighted by atomic mass is 35.5. The summed E-state index contributed by atoms with van der Waals surface area (Å²) >= 11 is 6.09. The number of hydrogen-bond donors (Lipinski definition) is 0. The predicted molar refractivity (Wildman–Crippen MR) is 76.3 cm³/mol. The van der Waals surface area contributed by atoms with Crippen LogP contribution in [0, 0.1) is 13.8 Å². The third-order valence-corrected chi connectivity index (χ3v) is 3.26. The molecule has 106 valence electrons. The molecule has 0 spiro atoms. The smallest absolute Gasteiger partial charge is 0.214 e. The molecule has 0 saturated carbocycles. The Labute approximate surface area is 122 Å². The highest BCUT2D eigenvalue weighted by molar-refractivity contribution is 6.34. The molecular formula is C14H16ClN3O2. The van der Waals surface area contributed by atoms with Gasteiger partial charge in [0.2, 0.25) is 5.78 Å². The second-order valence-electron chi connectivity index (χ2n) is 4.47. The summed E-state index contributed by atoms with van der Waals surface area (Å²) in [5.41, 5.74) is 2.47. The van der Waals surface area contributed by atoms with Crippen LogP contribution in [0.2, 0.25) is 5.02 Å². The summed E-state index contributed by atoms with van der Waals surface area (Å²) in [5, 5.41) is 4.45. The Morgan fingerprint density at radius 2 is 2.15 bits per heavy atom. The maximum atomic E-state index is 12.6. The summed E-state index contributed by atoms with van der Waals surface area (Å²) in [6.45, 7) is 4.63. The standard InChI is InChI=1S/C14H16ClN3O2/c1-9-4-5-11(10(2)17-9)14(19)13-12(15)8-16-18(13)6-7-20-3/h4-5,8H,6-7H2,1-3H3. The highest BCUT2D eigenvalue weighted by Crippen LogP contribution is 2.20. The van der Waals surface area contributed by atoms with E-state index in [-0.39, 0.29) is 5.78 Å². The average molecular weight is 294 g/mol. The van der Waals surface area contributed by atoms with Gasteiger partial charge in [0, 0.05) is 24.1 Å². The van der Waals surface area contributed by atoms with E-state index in [0.717, 1.165) is 5.69 Å². The number of ether oxygens (including phenoxy) is 1. The van der Waals surface area contributed by atoms with E-state index < -0.39 is 0 Å². The van der Waals surface area contributed by atoms with Crippen molar-refractivity contribution in [1.82, 2.24) is 14.8 Å². The summed E-state index contributed by atoms with van der Waals surface area (Å²) in [7, 11) is 1.60. The quantitative estimate of drug-likeness (QED) is 0.795. The van der Waals surface area contributed by atoms with E-state index in [1.165, 1.54) is 6.20 Å². The number of pyridine rings is 1. The second kappa shape index (κ2) is 6.15. The summed E-state index contributed by atoms with van der Waals surface area (Å²) in [6, 6.07) is 3.58. The molecule has 0 saturated heterocycles. The fraction of sp³-hybridized carbons (Fsp3) is 0.357. The number of nitrogens with zero attached hydrogens (tertiary/aromatic N) is 3. The van der Waals surface area contributed by atoms with E-state index in [1.807, 2.05) is 19.9 Å². The van der Waals surface area contributed by atoms with Crippen molar-refractivity contribution >= 4 is 17.4 Å². The number of aryl methyl sites for hydroxylation is 2. The molecule has 6 heteroatoms. The van der Waals surface area contributed by atoms with E-state index in [0.29, 0.717) is 35.1 Å². The molecule has 2 heterocycles. The molecule has 0 N–H and O–H groups in total. The number of hydrogen-bond acceptors (Lipinski definition) is 4. The molecule has 0 unspecified atom stereocenters. The maximum Gasteiger partial charge on any atom is 0.214 e. The Kier molecular flexibility index (Phi) is 4.52. The minimum absolute atomic E-state index is 0.173. The molecule has 5 nitrogen and oxygen atoms in total. The van der Waals surface area contributed by atoms with Gasteiger partial charge in [-0.25, -0.2) is 0 Å². The Morgan fingerprint density at radius 3 is 2.80 bits per heavy atom. The summed E-state index contributed by atoms with van der Waals surface area (Å²) in [5.74, 6) is -0.173. The third-order valence-electron chi connectivity index (χ3n) is 2.99. The first-order valence-corrected chi connectivity index (χ1v) is 6.61. The average Bonchev–Trinajstić information content (AvgIpc) is 2.77. The van der Waals surface area contributed by atoms with Crippen molar-refractivity contribution in [3.63, 3.8) is 0 Å². The lowest BCUT2D eigenvalue weighted by Crippen LogP contribution is -2.16. The molecule has 0 aliphatic rings. The van der Waals surface area contributed by atoms with Crippen molar-refractivity contribution in [3.8, 4) is 0 Å². The molecule has 0 aliphatic carbocycles. The minimum atomic E-state index is -0.173. The van der Waals surface area contributed by atoms with Gasteiger partial charge in [0.25, 0.3) is 0 Å². The van der Waals surface area contributed by atoms with Crippen LogP contribution >= 0.6 is 11.6 Å². The predicted octanol–water partition coefficient (Wildman–Crippen LogP) is 2.43. The normalized spacial score (nSPS) is 10.8. The molecule has 0 amide bonds. The molecule has 0 atom stereocenters. The first kappa shape index (κ1) is 14.7. The number of halogens is 1. The van der Waals surface area contributed by atoms with Crippen LogP contribution in [0.4, 0.5) is 0 Å². The van der Waals surface area contributed by atoms with Crippen LogP contribution in [0.25, 0.3) is 0 Å². The molecule has 2 rings (SSSR count). The van der Waals surface area contributed by atoms with E-state index >= 15 is 0 Å². The Hall–Kier alpha value is -1.72. The molecular weight excluding hydrogens is 278 g/mol. The third kappa shape index (κ3) is 2.89. The van der Waals surface area contributed by atoms with Gasteiger partial charge in [-0.2, -0.15) is 5.10 Å². The van der Waals surface area contributed by atoms with Gasteiger partial charge in [0.15, 0.2) is 0 Å². The molecule has 0 fully saturated rings. The van der Waals surface area contributed by atoms with Crippen LogP contribution in [-0.4, -0.2) is 34.3 Å². The van der Waals surface area contributed by atoms with Gasteiger partial charge < -0.3 is 4.74 Å². The number of rotatable bonds is 5. The molecule has 0 aliphatic heterocycles. The zero-order valence-electron chi connectivity index (χ0n) is 11.7. The van der Waals surface area contributed by atoms with E-state index in [4.69, 9.17) is 16.3 Å². The van der Waals surface area contributed by atoms with Gasteiger partial charge in [0.1, 0.15) is 5.69 Å². The van der Waals surface area contributed by atoms with Crippen LogP contribution < -0.4 is 0 Å². The number of aromatic nitrogens is 3. The minimum Gasteiger partial charge on any atom is -0.383 e. The topological polar surface area (TPSA) is 57.0 Å². The Bertz CT molecular complexity index is 637. The van der Waals surface area contributed by atoms with E-state index in [2.05, 4.69) is 10.1 Å². The zero-order chi connectivity index (χ0) is 14.7. The number of carbonyl (C=O) groups is 1.